The predicted octanol–water partition coefficient (Wildman–Crippen LogP) is 3.89. The van der Waals surface area contributed by atoms with Crippen LogP contribution in [0.2, 0.25) is 5.02 Å². The maximum absolute atomic E-state index is 6.20. The van der Waals surface area contributed by atoms with Crippen LogP contribution < -0.4 is 5.32 Å². The molecule has 4 heteroatoms. The lowest BCUT2D eigenvalue weighted by atomic mass is 10.1. The number of nitrogens with zero attached hydrogens (tertiary/aromatic N) is 2. The van der Waals surface area contributed by atoms with Gasteiger partial charge in [-0.1, -0.05) is 29.8 Å². The van der Waals surface area contributed by atoms with E-state index in [2.05, 4.69) is 41.1 Å². The zero-order valence-corrected chi connectivity index (χ0v) is 13.1. The second kappa shape index (κ2) is 6.91. The van der Waals surface area contributed by atoms with Crippen LogP contribution in [0.5, 0.6) is 0 Å². The maximum Gasteiger partial charge on any atom is 0.0596 e. The van der Waals surface area contributed by atoms with Crippen LogP contribution in [0.15, 0.2) is 30.3 Å². The number of hydrogen-bond donors (Lipinski definition) is 1. The number of benzene rings is 1. The van der Waals surface area contributed by atoms with Crippen LogP contribution in [0.3, 0.4) is 0 Å². The van der Waals surface area contributed by atoms with Crippen molar-refractivity contribution in [1.82, 2.24) is 15.1 Å². The zero-order chi connectivity index (χ0) is 14.5. The smallest absolute Gasteiger partial charge is 0.0596 e. The molecule has 108 valence electrons. The van der Waals surface area contributed by atoms with E-state index in [1.54, 1.807) is 0 Å². The zero-order valence-electron chi connectivity index (χ0n) is 12.4. The van der Waals surface area contributed by atoms with Gasteiger partial charge in [-0.25, -0.2) is 0 Å². The second-order valence-corrected chi connectivity index (χ2v) is 5.61. The highest BCUT2D eigenvalue weighted by atomic mass is 35.5. The molecule has 3 nitrogen and oxygen atoms in total. The molecule has 20 heavy (non-hydrogen) atoms. The minimum Gasteiger partial charge on any atom is -0.310 e. The van der Waals surface area contributed by atoms with Crippen molar-refractivity contribution in [3.8, 4) is 0 Å². The number of halogens is 1. The average Bonchev–Trinajstić information content (AvgIpc) is 2.73. The molecule has 2 rings (SSSR count). The SMILES string of the molecule is Cc1cc(C)n(CCCNC(C)c2ccccc2Cl)n1. The minimum absolute atomic E-state index is 0.268. The summed E-state index contributed by atoms with van der Waals surface area (Å²) in [5.41, 5.74) is 3.46. The summed E-state index contributed by atoms with van der Waals surface area (Å²) < 4.78 is 2.07. The molecule has 0 saturated heterocycles. The van der Waals surface area contributed by atoms with Gasteiger partial charge in [0.15, 0.2) is 0 Å². The van der Waals surface area contributed by atoms with Gasteiger partial charge in [-0.3, -0.25) is 4.68 Å². The Morgan fingerprint density at radius 2 is 2.05 bits per heavy atom. The Bertz CT molecular complexity index is 563. The first-order valence-electron chi connectivity index (χ1n) is 7.07. The molecule has 0 aliphatic heterocycles. The van der Waals surface area contributed by atoms with Crippen molar-refractivity contribution in [2.45, 2.75) is 39.8 Å². The van der Waals surface area contributed by atoms with Gasteiger partial charge in [0, 0.05) is 23.3 Å². The van der Waals surface area contributed by atoms with Crippen molar-refractivity contribution in [2.75, 3.05) is 6.54 Å². The van der Waals surface area contributed by atoms with Gasteiger partial charge in [-0.15, -0.1) is 0 Å². The normalized spacial score (nSPS) is 12.6. The highest BCUT2D eigenvalue weighted by Gasteiger charge is 2.08. The van der Waals surface area contributed by atoms with Crippen molar-refractivity contribution in [3.63, 3.8) is 0 Å². The Morgan fingerprint density at radius 3 is 2.70 bits per heavy atom. The fourth-order valence-electron chi connectivity index (χ4n) is 2.38. The summed E-state index contributed by atoms with van der Waals surface area (Å²) in [7, 11) is 0. The lowest BCUT2D eigenvalue weighted by Gasteiger charge is -2.15. The predicted molar refractivity (Wildman–Crippen MR) is 84.2 cm³/mol. The van der Waals surface area contributed by atoms with Crippen LogP contribution in [-0.2, 0) is 6.54 Å². The molecule has 1 N–H and O–H groups in total. The Hall–Kier alpha value is -1.32. The van der Waals surface area contributed by atoms with E-state index in [9.17, 15) is 0 Å². The van der Waals surface area contributed by atoms with Gasteiger partial charge in [0.25, 0.3) is 0 Å². The fraction of sp³-hybridized carbons (Fsp3) is 0.438. The van der Waals surface area contributed by atoms with Crippen LogP contribution in [-0.4, -0.2) is 16.3 Å². The van der Waals surface area contributed by atoms with Crippen LogP contribution in [0.25, 0.3) is 0 Å². The molecule has 0 fully saturated rings. The van der Waals surface area contributed by atoms with E-state index < -0.39 is 0 Å². The number of hydrogen-bond acceptors (Lipinski definition) is 2. The summed E-state index contributed by atoms with van der Waals surface area (Å²) in [5, 5.41) is 8.80. The summed E-state index contributed by atoms with van der Waals surface area (Å²) in [6.07, 6.45) is 1.05. The third-order valence-corrected chi connectivity index (χ3v) is 3.82. The number of nitrogens with one attached hydrogen (secondary N) is 1. The molecule has 0 aliphatic rings. The molecule has 1 heterocycles. The van der Waals surface area contributed by atoms with Crippen LogP contribution in [0.1, 0.15) is 36.3 Å². The van der Waals surface area contributed by atoms with Gasteiger partial charge in [0.2, 0.25) is 0 Å². The van der Waals surface area contributed by atoms with Gasteiger partial charge < -0.3 is 5.32 Å². The quantitative estimate of drug-likeness (QED) is 0.818. The van der Waals surface area contributed by atoms with E-state index in [-0.39, 0.29) is 6.04 Å². The molecular weight excluding hydrogens is 270 g/mol. The molecule has 1 unspecified atom stereocenters. The topological polar surface area (TPSA) is 29.9 Å². The molecule has 0 saturated carbocycles. The Balaban J connectivity index is 1.79. The van der Waals surface area contributed by atoms with Crippen molar-refractivity contribution in [3.05, 3.63) is 52.3 Å². The lowest BCUT2D eigenvalue weighted by molar-refractivity contribution is 0.500. The van der Waals surface area contributed by atoms with Gasteiger partial charge >= 0.3 is 0 Å². The molecule has 1 aromatic carbocycles. The maximum atomic E-state index is 6.20. The highest BCUT2D eigenvalue weighted by molar-refractivity contribution is 6.31. The Labute approximate surface area is 126 Å². The number of aromatic nitrogens is 2. The largest absolute Gasteiger partial charge is 0.310 e. The van der Waals surface area contributed by atoms with E-state index in [1.165, 1.54) is 5.69 Å². The van der Waals surface area contributed by atoms with E-state index in [0.29, 0.717) is 0 Å². The lowest BCUT2D eigenvalue weighted by Crippen LogP contribution is -2.21. The Kier molecular flexibility index (Phi) is 5.21. The summed E-state index contributed by atoms with van der Waals surface area (Å²) in [4.78, 5) is 0. The molecule has 2 aromatic rings. The molecule has 1 atom stereocenters. The molecule has 0 bridgehead atoms. The number of aryl methyl sites for hydroxylation is 3. The summed E-state index contributed by atoms with van der Waals surface area (Å²) in [6.45, 7) is 8.16. The van der Waals surface area contributed by atoms with E-state index in [0.717, 1.165) is 35.8 Å². The summed E-state index contributed by atoms with van der Waals surface area (Å²) in [5.74, 6) is 0. The van der Waals surface area contributed by atoms with Gasteiger partial charge in [-0.2, -0.15) is 5.10 Å². The fourth-order valence-corrected chi connectivity index (χ4v) is 2.68. The van der Waals surface area contributed by atoms with Crippen molar-refractivity contribution in [2.24, 2.45) is 0 Å². The van der Waals surface area contributed by atoms with Gasteiger partial charge in [0.05, 0.1) is 5.69 Å². The first-order valence-corrected chi connectivity index (χ1v) is 7.44. The van der Waals surface area contributed by atoms with E-state index >= 15 is 0 Å². The first-order chi connectivity index (χ1) is 9.58. The summed E-state index contributed by atoms with van der Waals surface area (Å²) >= 11 is 6.20. The Morgan fingerprint density at radius 1 is 1.30 bits per heavy atom. The van der Waals surface area contributed by atoms with E-state index in [1.807, 2.05) is 25.1 Å². The van der Waals surface area contributed by atoms with Gasteiger partial charge in [0.1, 0.15) is 0 Å². The third kappa shape index (κ3) is 3.84. The molecule has 0 amide bonds. The summed E-state index contributed by atoms with van der Waals surface area (Å²) in [6, 6.07) is 10.4. The van der Waals surface area contributed by atoms with Crippen LogP contribution >= 0.6 is 11.6 Å². The molecular formula is C16H22ClN3. The third-order valence-electron chi connectivity index (χ3n) is 3.47. The highest BCUT2D eigenvalue weighted by Crippen LogP contribution is 2.21. The molecule has 0 aliphatic carbocycles. The minimum atomic E-state index is 0.268. The van der Waals surface area contributed by atoms with Gasteiger partial charge in [-0.05, 0) is 51.4 Å². The molecule has 1 aromatic heterocycles. The van der Waals surface area contributed by atoms with Crippen molar-refractivity contribution >= 4 is 11.6 Å². The van der Waals surface area contributed by atoms with Crippen molar-refractivity contribution in [1.29, 1.82) is 0 Å². The molecule has 0 spiro atoms. The monoisotopic (exact) mass is 291 g/mol. The second-order valence-electron chi connectivity index (χ2n) is 5.20. The first kappa shape index (κ1) is 15.1. The van der Waals surface area contributed by atoms with E-state index in [4.69, 9.17) is 11.6 Å². The van der Waals surface area contributed by atoms with Crippen LogP contribution in [0, 0.1) is 13.8 Å². The van der Waals surface area contributed by atoms with Crippen LogP contribution in [0.4, 0.5) is 0 Å². The standard InChI is InChI=1S/C16H22ClN3/c1-12-11-13(2)20(19-12)10-6-9-18-14(3)15-7-4-5-8-16(15)17/h4-5,7-8,11,14,18H,6,9-10H2,1-3H3. The number of rotatable bonds is 6. The average molecular weight is 292 g/mol. The molecule has 0 radical (unpaired) electrons. The van der Waals surface area contributed by atoms with Crippen molar-refractivity contribution < 1.29 is 0 Å².